The van der Waals surface area contributed by atoms with Crippen molar-refractivity contribution in [2.75, 3.05) is 19.8 Å². The summed E-state index contributed by atoms with van der Waals surface area (Å²) < 4.78 is 34.6. The summed E-state index contributed by atoms with van der Waals surface area (Å²) in [6, 6.07) is -1.11. The predicted molar refractivity (Wildman–Crippen MR) is 120 cm³/mol. The van der Waals surface area contributed by atoms with Crippen molar-refractivity contribution in [3.8, 4) is 0 Å². The fourth-order valence-electron chi connectivity index (χ4n) is 4.75. The van der Waals surface area contributed by atoms with E-state index >= 15 is 0 Å². The largest absolute Gasteiger partial charge is 0.756 e. The average molecular weight is 563 g/mol. The van der Waals surface area contributed by atoms with Gasteiger partial charge in [0.15, 0.2) is 0 Å². The molecule has 3 aliphatic rings. The van der Waals surface area contributed by atoms with Gasteiger partial charge in [0.2, 0.25) is 0 Å². The number of carbonyl (C=O) groups is 2. The van der Waals surface area contributed by atoms with Crippen LogP contribution in [0.1, 0.15) is 31.6 Å². The van der Waals surface area contributed by atoms with Crippen LogP contribution >= 0.6 is 7.82 Å². The number of phosphoric ester groups is 1. The number of hydrogen-bond donors (Lipinski definition) is 5. The van der Waals surface area contributed by atoms with Crippen molar-refractivity contribution in [3.63, 3.8) is 0 Å². The Morgan fingerprint density at radius 2 is 1.97 bits per heavy atom. The van der Waals surface area contributed by atoms with Gasteiger partial charge in [-0.25, -0.2) is 9.59 Å². The summed E-state index contributed by atoms with van der Waals surface area (Å²) in [6.07, 6.45) is -7.39. The van der Waals surface area contributed by atoms with Gasteiger partial charge in [-0.05, 0) is 13.3 Å². The maximum absolute atomic E-state index is 12.6. The molecule has 8 atom stereocenters. The fraction of sp³-hybridized carbons (Fsp3) is 0.700. The molecule has 6 bridgehead atoms. The molecule has 6 N–H and O–H groups in total. The number of carboxylic acids is 1. The molecule has 212 valence electrons. The van der Waals surface area contributed by atoms with Crippen molar-refractivity contribution in [1.29, 1.82) is 0 Å². The van der Waals surface area contributed by atoms with E-state index in [1.54, 1.807) is 0 Å². The molecule has 3 aliphatic heterocycles. The molecule has 4 rings (SSSR count). The monoisotopic (exact) mass is 563 g/mol. The molecular weight excluding hydrogens is 535 g/mol. The number of amides is 2. The van der Waals surface area contributed by atoms with Crippen molar-refractivity contribution < 1.29 is 52.9 Å². The van der Waals surface area contributed by atoms with Gasteiger partial charge in [0.1, 0.15) is 24.7 Å². The quantitative estimate of drug-likeness (QED) is 0.228. The zero-order chi connectivity index (χ0) is 28.0. The van der Waals surface area contributed by atoms with Gasteiger partial charge in [-0.2, -0.15) is 0 Å². The van der Waals surface area contributed by atoms with Crippen LogP contribution in [0.25, 0.3) is 0 Å². The number of aliphatic hydroxyl groups is 2. The van der Waals surface area contributed by atoms with Crippen LogP contribution in [0.4, 0.5) is 4.79 Å². The Kier molecular flexibility index (Phi) is 7.84. The number of urea groups is 1. The number of aliphatic carboxylic acids is 1. The molecule has 4 heterocycles. The van der Waals surface area contributed by atoms with Crippen molar-refractivity contribution in [1.82, 2.24) is 14.5 Å². The highest BCUT2D eigenvalue weighted by atomic mass is 31.2. The number of rotatable bonds is 2. The number of H-pyrrole nitrogens is 1. The number of hydrogen-bond acceptors (Lipinski definition) is 12. The minimum Gasteiger partial charge on any atom is -0.756 e. The van der Waals surface area contributed by atoms with Crippen LogP contribution in [0.5, 0.6) is 0 Å². The Bertz CT molecular complexity index is 1250. The SMILES string of the molecule is C[C@@]1(C(=O)O)Cc2cn(c(=O)[nH]c2=O)[C@H]2C[C@@H](O)[C@@H](COP(=O)([O-])O[C@@H]3C[C@@H](O[C@@H]3CO)N(C(N)=O)C1)O2. The van der Waals surface area contributed by atoms with E-state index < -0.39 is 99.5 Å². The van der Waals surface area contributed by atoms with Crippen molar-refractivity contribution in [2.45, 2.75) is 63.1 Å². The molecule has 1 unspecified atom stereocenters. The Labute approximate surface area is 214 Å². The van der Waals surface area contributed by atoms with Gasteiger partial charge in [0, 0.05) is 31.1 Å². The molecule has 2 amide bonds. The van der Waals surface area contributed by atoms with Crippen molar-refractivity contribution in [3.05, 3.63) is 32.6 Å². The van der Waals surface area contributed by atoms with Gasteiger partial charge >= 0.3 is 17.7 Å². The molecule has 1 aromatic heterocycles. The zero-order valence-electron chi connectivity index (χ0n) is 20.1. The van der Waals surface area contributed by atoms with Crippen LogP contribution in [0.3, 0.4) is 0 Å². The number of fused-ring (bicyclic) bond motifs is 7. The maximum Gasteiger partial charge on any atom is 0.330 e. The predicted octanol–water partition coefficient (Wildman–Crippen LogP) is -2.81. The first-order valence-electron chi connectivity index (χ1n) is 11.6. The Morgan fingerprint density at radius 3 is 2.61 bits per heavy atom. The normalized spacial score (nSPS) is 38.1. The first-order chi connectivity index (χ1) is 17.7. The Morgan fingerprint density at radius 1 is 1.26 bits per heavy atom. The molecule has 0 aromatic carbocycles. The first kappa shape index (κ1) is 28.4. The van der Waals surface area contributed by atoms with Gasteiger partial charge in [0.05, 0.1) is 30.8 Å². The summed E-state index contributed by atoms with van der Waals surface area (Å²) in [4.78, 5) is 65.3. The number of aromatic amines is 1. The van der Waals surface area contributed by atoms with E-state index in [2.05, 4.69) is 4.98 Å². The number of carbonyl (C=O) groups excluding carboxylic acids is 1. The lowest BCUT2D eigenvalue weighted by atomic mass is 9.83. The van der Waals surface area contributed by atoms with E-state index in [0.29, 0.717) is 0 Å². The number of nitrogens with zero attached hydrogens (tertiary/aromatic N) is 2. The van der Waals surface area contributed by atoms with Crippen LogP contribution in [0.15, 0.2) is 15.8 Å². The second kappa shape index (κ2) is 10.5. The minimum atomic E-state index is -5.08. The lowest BCUT2D eigenvalue weighted by Gasteiger charge is -2.34. The standard InChI is InChI=1S/C20H29N4O13P/c1-20(17(28)29)4-9-5-23(19(31)22-16(9)27)14-2-10(26)13(36-14)7-34-38(32,33)37-11-3-15(35-12(11)6-25)24(8-20)18(21)30/h5,10-15,25-26H,2-4,6-8H2,1H3,(H2,21,30)(H,28,29)(H,32,33)(H,22,27,31)/p-1/t10-,11-,12-,13-,14-,15-,20-/m1/s1. The summed E-state index contributed by atoms with van der Waals surface area (Å²) >= 11 is 0. The van der Waals surface area contributed by atoms with Crippen molar-refractivity contribution in [2.24, 2.45) is 11.1 Å². The number of ether oxygens (including phenoxy) is 2. The second-order valence-corrected chi connectivity index (χ2v) is 11.1. The topological polar surface area (TPSA) is 256 Å². The first-order valence-corrected chi connectivity index (χ1v) is 13.1. The number of aromatic nitrogens is 2. The lowest BCUT2D eigenvalue weighted by molar-refractivity contribution is -0.234. The third-order valence-corrected chi connectivity index (χ3v) is 7.82. The lowest BCUT2D eigenvalue weighted by Crippen LogP contribution is -2.52. The number of phosphoric acid groups is 1. The second-order valence-electron chi connectivity index (χ2n) is 9.70. The van der Waals surface area contributed by atoms with E-state index in [-0.39, 0.29) is 18.4 Å². The molecular formula is C20H28N4O13P-. The van der Waals surface area contributed by atoms with Crippen LogP contribution < -0.4 is 21.9 Å². The molecule has 0 saturated carbocycles. The van der Waals surface area contributed by atoms with Crippen LogP contribution in [0.2, 0.25) is 0 Å². The molecule has 2 saturated heterocycles. The van der Waals surface area contributed by atoms with E-state index in [9.17, 15) is 44.0 Å². The highest BCUT2D eigenvalue weighted by molar-refractivity contribution is 7.45. The van der Waals surface area contributed by atoms with Gasteiger partial charge in [0.25, 0.3) is 13.4 Å². The number of carboxylic acid groups (broad SMARTS) is 1. The van der Waals surface area contributed by atoms with E-state index in [1.165, 1.54) is 6.92 Å². The Balaban J connectivity index is 1.79. The van der Waals surface area contributed by atoms with E-state index in [0.717, 1.165) is 15.7 Å². The Hall–Kier alpha value is -2.63. The summed E-state index contributed by atoms with van der Waals surface area (Å²) in [6.45, 7) is -0.758. The molecule has 0 spiro atoms. The number of aliphatic hydroxyl groups excluding tert-OH is 2. The van der Waals surface area contributed by atoms with Gasteiger partial charge in [-0.15, -0.1) is 0 Å². The molecule has 0 aliphatic carbocycles. The number of primary amides is 1. The maximum atomic E-state index is 12.6. The number of nitrogens with one attached hydrogen (secondary N) is 1. The van der Waals surface area contributed by atoms with Crippen LogP contribution in [0, 0.1) is 5.41 Å². The fourth-order valence-corrected chi connectivity index (χ4v) is 5.69. The highest BCUT2D eigenvalue weighted by Gasteiger charge is 2.46. The summed E-state index contributed by atoms with van der Waals surface area (Å²) in [5.74, 6) is -1.42. The molecule has 38 heavy (non-hydrogen) atoms. The van der Waals surface area contributed by atoms with Crippen LogP contribution in [-0.4, -0.2) is 92.2 Å². The number of nitrogens with two attached hydrogens (primary N) is 1. The van der Waals surface area contributed by atoms with Crippen molar-refractivity contribution >= 4 is 19.8 Å². The average Bonchev–Trinajstić information content (AvgIpc) is 3.39. The molecule has 17 nitrogen and oxygen atoms in total. The molecule has 1 aromatic rings. The van der Waals surface area contributed by atoms with Gasteiger partial charge < -0.3 is 44.5 Å². The molecule has 18 heteroatoms. The third-order valence-electron chi connectivity index (χ3n) is 6.82. The smallest absolute Gasteiger partial charge is 0.330 e. The summed E-state index contributed by atoms with van der Waals surface area (Å²) in [5.41, 5.74) is 1.71. The summed E-state index contributed by atoms with van der Waals surface area (Å²) in [5, 5.41) is 30.1. The van der Waals surface area contributed by atoms with E-state index in [4.69, 9.17) is 24.3 Å². The molecule has 2 fully saturated rings. The highest BCUT2D eigenvalue weighted by Crippen LogP contribution is 2.45. The van der Waals surface area contributed by atoms with Crippen LogP contribution in [-0.2, 0) is 34.3 Å². The third kappa shape index (κ3) is 5.69. The molecule has 0 radical (unpaired) electrons. The summed E-state index contributed by atoms with van der Waals surface area (Å²) in [7, 11) is -5.08. The van der Waals surface area contributed by atoms with Gasteiger partial charge in [-0.3, -0.25) is 28.6 Å². The minimum absolute atomic E-state index is 0.146. The zero-order valence-corrected chi connectivity index (χ0v) is 21.0. The van der Waals surface area contributed by atoms with E-state index in [1.807, 2.05) is 0 Å². The van der Waals surface area contributed by atoms with Gasteiger partial charge in [-0.1, -0.05) is 0 Å².